The second-order valence-corrected chi connectivity index (χ2v) is 2.92. The van der Waals surface area contributed by atoms with E-state index >= 15 is 0 Å². The van der Waals surface area contributed by atoms with Gasteiger partial charge in [0.1, 0.15) is 0 Å². The molecule has 3 heteroatoms. The van der Waals surface area contributed by atoms with E-state index in [9.17, 15) is 0 Å². The molecule has 60 valence electrons. The highest BCUT2D eigenvalue weighted by Crippen LogP contribution is 2.13. The normalized spacial score (nSPS) is 27.3. The first-order valence-electron chi connectivity index (χ1n) is 3.77. The highest BCUT2D eigenvalue weighted by molar-refractivity contribution is 4.63. The minimum Gasteiger partial charge on any atom is -0.381 e. The molecule has 0 spiro atoms. The van der Waals surface area contributed by atoms with Gasteiger partial charge in [0.2, 0.25) is 0 Å². The molecule has 0 radical (unpaired) electrons. The zero-order valence-electron chi connectivity index (χ0n) is 6.42. The van der Waals surface area contributed by atoms with Crippen molar-refractivity contribution in [2.24, 2.45) is 5.92 Å². The van der Waals surface area contributed by atoms with E-state index < -0.39 is 0 Å². The smallest absolute Gasteiger partial charge is 0.0507 e. The Kier molecular flexibility index (Phi) is 3.12. The standard InChI is InChI=1S/C7H15NO2/c1-8(9)5-7-3-2-4-10-6-7/h7,9H,2-6H2,1H3. The van der Waals surface area contributed by atoms with Crippen molar-refractivity contribution in [3.63, 3.8) is 0 Å². The zero-order valence-corrected chi connectivity index (χ0v) is 6.42. The number of hydroxylamine groups is 2. The molecule has 1 rings (SSSR count). The Balaban J connectivity index is 2.13. The Hall–Kier alpha value is -0.120. The third-order valence-electron chi connectivity index (χ3n) is 1.78. The Morgan fingerprint density at radius 1 is 1.70 bits per heavy atom. The van der Waals surface area contributed by atoms with Crippen molar-refractivity contribution in [1.29, 1.82) is 0 Å². The lowest BCUT2D eigenvalue weighted by Gasteiger charge is -2.23. The van der Waals surface area contributed by atoms with Crippen LogP contribution in [0, 0.1) is 5.92 Å². The first kappa shape index (κ1) is 7.98. The molecule has 10 heavy (non-hydrogen) atoms. The van der Waals surface area contributed by atoms with E-state index in [1.54, 1.807) is 7.05 Å². The average Bonchev–Trinajstić information content (AvgIpc) is 1.88. The molecule has 0 aliphatic carbocycles. The Bertz CT molecular complexity index is 89.6. The molecule has 1 heterocycles. The average molecular weight is 145 g/mol. The van der Waals surface area contributed by atoms with Crippen LogP contribution in [-0.4, -0.2) is 37.1 Å². The maximum atomic E-state index is 8.88. The fraction of sp³-hybridized carbons (Fsp3) is 1.00. The van der Waals surface area contributed by atoms with Crippen LogP contribution in [0.15, 0.2) is 0 Å². The molecule has 0 bridgehead atoms. The zero-order chi connectivity index (χ0) is 7.40. The van der Waals surface area contributed by atoms with Crippen molar-refractivity contribution in [2.75, 3.05) is 26.8 Å². The van der Waals surface area contributed by atoms with Crippen molar-refractivity contribution in [3.05, 3.63) is 0 Å². The van der Waals surface area contributed by atoms with Gasteiger partial charge in [-0.25, -0.2) is 0 Å². The van der Waals surface area contributed by atoms with Crippen LogP contribution in [0.1, 0.15) is 12.8 Å². The second kappa shape index (κ2) is 3.91. The SMILES string of the molecule is CN(O)CC1CCCOC1. The van der Waals surface area contributed by atoms with Gasteiger partial charge in [-0.15, -0.1) is 0 Å². The van der Waals surface area contributed by atoms with E-state index in [-0.39, 0.29) is 0 Å². The Morgan fingerprint density at radius 2 is 2.50 bits per heavy atom. The molecule has 1 fully saturated rings. The van der Waals surface area contributed by atoms with Gasteiger partial charge in [0.25, 0.3) is 0 Å². The molecule has 1 aliphatic rings. The van der Waals surface area contributed by atoms with Crippen LogP contribution in [-0.2, 0) is 4.74 Å². The summed E-state index contributed by atoms with van der Waals surface area (Å²) in [5, 5.41) is 10.1. The van der Waals surface area contributed by atoms with Crippen molar-refractivity contribution >= 4 is 0 Å². The quantitative estimate of drug-likeness (QED) is 0.581. The second-order valence-electron chi connectivity index (χ2n) is 2.92. The molecule has 0 aromatic heterocycles. The number of hydrogen-bond donors (Lipinski definition) is 1. The minimum atomic E-state index is 0.531. The van der Waals surface area contributed by atoms with Gasteiger partial charge in [0, 0.05) is 20.2 Å². The molecule has 3 nitrogen and oxygen atoms in total. The van der Waals surface area contributed by atoms with Gasteiger partial charge in [0.05, 0.1) is 6.61 Å². The number of rotatable bonds is 2. The van der Waals surface area contributed by atoms with Gasteiger partial charge in [0.15, 0.2) is 0 Å². The molecule has 1 aliphatic heterocycles. The summed E-state index contributed by atoms with van der Waals surface area (Å²) in [7, 11) is 1.68. The topological polar surface area (TPSA) is 32.7 Å². The van der Waals surface area contributed by atoms with Crippen LogP contribution >= 0.6 is 0 Å². The van der Waals surface area contributed by atoms with Crippen LogP contribution in [0.3, 0.4) is 0 Å². The van der Waals surface area contributed by atoms with Crippen LogP contribution in [0.25, 0.3) is 0 Å². The van der Waals surface area contributed by atoms with Gasteiger partial charge in [-0.2, -0.15) is 5.06 Å². The number of ether oxygens (including phenoxy) is 1. The Labute approximate surface area is 61.5 Å². The van der Waals surface area contributed by atoms with Crippen molar-refractivity contribution < 1.29 is 9.94 Å². The minimum absolute atomic E-state index is 0.531. The lowest BCUT2D eigenvalue weighted by Crippen LogP contribution is -2.28. The van der Waals surface area contributed by atoms with Crippen LogP contribution in [0.4, 0.5) is 0 Å². The van der Waals surface area contributed by atoms with Crippen LogP contribution < -0.4 is 0 Å². The number of nitrogens with zero attached hydrogens (tertiary/aromatic N) is 1. The molecule has 0 aromatic carbocycles. The van der Waals surface area contributed by atoms with E-state index in [1.807, 2.05) is 0 Å². The third-order valence-corrected chi connectivity index (χ3v) is 1.78. The van der Waals surface area contributed by atoms with Crippen molar-refractivity contribution in [1.82, 2.24) is 5.06 Å². The molecule has 1 N–H and O–H groups in total. The van der Waals surface area contributed by atoms with Gasteiger partial charge < -0.3 is 9.94 Å². The third kappa shape index (κ3) is 2.64. The van der Waals surface area contributed by atoms with Gasteiger partial charge in [-0.3, -0.25) is 0 Å². The maximum Gasteiger partial charge on any atom is 0.0507 e. The molecule has 1 saturated heterocycles. The lowest BCUT2D eigenvalue weighted by molar-refractivity contribution is -0.0908. The van der Waals surface area contributed by atoms with Crippen molar-refractivity contribution in [2.45, 2.75) is 12.8 Å². The molecule has 0 saturated carbocycles. The largest absolute Gasteiger partial charge is 0.381 e. The summed E-state index contributed by atoms with van der Waals surface area (Å²) in [6.45, 7) is 2.44. The molecule has 1 atom stereocenters. The monoisotopic (exact) mass is 145 g/mol. The predicted octanol–water partition coefficient (Wildman–Crippen LogP) is 0.734. The summed E-state index contributed by atoms with van der Waals surface area (Å²) in [4.78, 5) is 0. The summed E-state index contributed by atoms with van der Waals surface area (Å²) in [6, 6.07) is 0. The molecular formula is C7H15NO2. The highest BCUT2D eigenvalue weighted by Gasteiger charge is 2.14. The summed E-state index contributed by atoms with van der Waals surface area (Å²) < 4.78 is 5.25. The van der Waals surface area contributed by atoms with E-state index in [2.05, 4.69) is 0 Å². The van der Waals surface area contributed by atoms with Gasteiger partial charge in [-0.1, -0.05) is 0 Å². The Morgan fingerprint density at radius 3 is 3.00 bits per heavy atom. The van der Waals surface area contributed by atoms with Gasteiger partial charge in [-0.05, 0) is 18.8 Å². The molecule has 0 amide bonds. The summed E-state index contributed by atoms with van der Waals surface area (Å²) in [6.07, 6.45) is 2.32. The highest BCUT2D eigenvalue weighted by atomic mass is 16.5. The summed E-state index contributed by atoms with van der Waals surface area (Å²) in [5.74, 6) is 0.531. The van der Waals surface area contributed by atoms with Crippen molar-refractivity contribution in [3.8, 4) is 0 Å². The molecule has 1 unspecified atom stereocenters. The maximum absolute atomic E-state index is 8.88. The number of hydrogen-bond acceptors (Lipinski definition) is 3. The summed E-state index contributed by atoms with van der Waals surface area (Å²) >= 11 is 0. The van der Waals surface area contributed by atoms with Crippen LogP contribution in [0.2, 0.25) is 0 Å². The van der Waals surface area contributed by atoms with E-state index in [0.717, 1.165) is 26.2 Å². The van der Waals surface area contributed by atoms with E-state index in [1.165, 1.54) is 11.5 Å². The lowest BCUT2D eigenvalue weighted by atomic mass is 10.0. The first-order valence-corrected chi connectivity index (χ1v) is 3.77. The summed E-state index contributed by atoms with van der Waals surface area (Å²) in [5.41, 5.74) is 0. The fourth-order valence-corrected chi connectivity index (χ4v) is 1.33. The molecule has 0 aromatic rings. The van der Waals surface area contributed by atoms with E-state index in [4.69, 9.17) is 9.94 Å². The fourth-order valence-electron chi connectivity index (χ4n) is 1.33. The van der Waals surface area contributed by atoms with Gasteiger partial charge >= 0.3 is 0 Å². The van der Waals surface area contributed by atoms with Crippen LogP contribution in [0.5, 0.6) is 0 Å². The van der Waals surface area contributed by atoms with E-state index in [0.29, 0.717) is 5.92 Å². The predicted molar refractivity (Wildman–Crippen MR) is 38.0 cm³/mol. The molecular weight excluding hydrogens is 130 g/mol. The first-order chi connectivity index (χ1) is 4.79.